The number of hydrogen-bond acceptors (Lipinski definition) is 8. The van der Waals surface area contributed by atoms with E-state index in [0.29, 0.717) is 33.2 Å². The number of oxazole rings is 1. The molecule has 0 aliphatic carbocycles. The molecule has 0 aliphatic heterocycles. The molecule has 2 aromatic carbocycles. The lowest BCUT2D eigenvalue weighted by atomic mass is 10.3. The first-order valence-corrected chi connectivity index (χ1v) is 11.5. The third kappa shape index (κ3) is 5.11. The number of allylic oxidation sites excluding steroid dienone is 1. The molecule has 4 aromatic rings. The van der Waals surface area contributed by atoms with E-state index in [2.05, 4.69) is 25.0 Å². The number of fused-ring (bicyclic) bond motifs is 1. The average molecular weight is 481 g/mol. The van der Waals surface area contributed by atoms with Crippen LogP contribution in [0.3, 0.4) is 0 Å². The van der Waals surface area contributed by atoms with E-state index >= 15 is 0 Å². The summed E-state index contributed by atoms with van der Waals surface area (Å²) in [6.07, 6.45) is 1.43. The summed E-state index contributed by atoms with van der Waals surface area (Å²) in [6, 6.07) is 14.7. The first kappa shape index (κ1) is 22.3. The fourth-order valence-electron chi connectivity index (χ4n) is 2.99. The van der Waals surface area contributed by atoms with Gasteiger partial charge in [-0.05, 0) is 62.4 Å². The Morgan fingerprint density at radius 3 is 2.42 bits per heavy atom. The molecule has 9 nitrogen and oxygen atoms in total. The normalized spacial score (nSPS) is 11.9. The van der Waals surface area contributed by atoms with Crippen LogP contribution >= 0.6 is 11.6 Å². The summed E-state index contributed by atoms with van der Waals surface area (Å²) < 4.78 is 33.3. The number of nitrogens with one attached hydrogen (secondary N) is 2. The molecule has 0 amide bonds. The first-order chi connectivity index (χ1) is 15.7. The summed E-state index contributed by atoms with van der Waals surface area (Å²) >= 11 is 5.96. The second kappa shape index (κ2) is 8.90. The number of hydrogen-bond donors (Lipinski definition) is 2. The molecular weight excluding hydrogens is 464 g/mol. The summed E-state index contributed by atoms with van der Waals surface area (Å²) in [5, 5.41) is 12.9. The van der Waals surface area contributed by atoms with Crippen LogP contribution in [-0.2, 0) is 10.0 Å². The molecule has 4 rings (SSSR count). The zero-order chi connectivity index (χ0) is 23.6. The lowest BCUT2D eigenvalue weighted by Gasteiger charge is -2.09. The Labute approximate surface area is 194 Å². The number of anilines is 2. The molecule has 0 saturated carbocycles. The van der Waals surface area contributed by atoms with Crippen molar-refractivity contribution in [3.63, 3.8) is 0 Å². The van der Waals surface area contributed by atoms with Gasteiger partial charge in [0, 0.05) is 28.3 Å². The van der Waals surface area contributed by atoms with E-state index in [0.717, 1.165) is 0 Å². The lowest BCUT2D eigenvalue weighted by molar-refractivity contribution is 0.586. The highest BCUT2D eigenvalue weighted by Gasteiger charge is 2.16. The molecule has 33 heavy (non-hydrogen) atoms. The zero-order valence-electron chi connectivity index (χ0n) is 17.5. The van der Waals surface area contributed by atoms with E-state index in [4.69, 9.17) is 16.0 Å². The Morgan fingerprint density at radius 1 is 1.06 bits per heavy atom. The van der Waals surface area contributed by atoms with Crippen LogP contribution in [0.1, 0.15) is 17.3 Å². The maximum Gasteiger partial charge on any atom is 0.264 e. The number of benzene rings is 2. The quantitative estimate of drug-likeness (QED) is 0.380. The average Bonchev–Trinajstić information content (AvgIpc) is 3.16. The predicted octanol–water partition coefficient (Wildman–Crippen LogP) is 4.67. The van der Waals surface area contributed by atoms with Crippen molar-refractivity contribution in [3.05, 3.63) is 77.0 Å². The van der Waals surface area contributed by atoms with Crippen molar-refractivity contribution in [1.29, 1.82) is 5.26 Å². The van der Waals surface area contributed by atoms with Gasteiger partial charge in [-0.2, -0.15) is 5.26 Å². The summed E-state index contributed by atoms with van der Waals surface area (Å²) in [7, 11) is -3.87. The van der Waals surface area contributed by atoms with Crippen molar-refractivity contribution in [3.8, 4) is 6.07 Å². The van der Waals surface area contributed by atoms with Gasteiger partial charge in [0.25, 0.3) is 10.0 Å². The molecule has 2 N–H and O–H groups in total. The molecule has 0 bridgehead atoms. The third-order valence-electron chi connectivity index (χ3n) is 4.46. The zero-order valence-corrected chi connectivity index (χ0v) is 19.1. The Morgan fingerprint density at radius 2 is 1.76 bits per heavy atom. The first-order valence-electron chi connectivity index (χ1n) is 9.62. The van der Waals surface area contributed by atoms with Crippen LogP contribution in [0.25, 0.3) is 16.7 Å². The van der Waals surface area contributed by atoms with Crippen LogP contribution in [0, 0.1) is 25.2 Å². The minimum absolute atomic E-state index is 0.0101. The van der Waals surface area contributed by atoms with E-state index in [9.17, 15) is 13.7 Å². The highest BCUT2D eigenvalue weighted by molar-refractivity contribution is 7.92. The van der Waals surface area contributed by atoms with Gasteiger partial charge in [0.1, 0.15) is 17.2 Å². The van der Waals surface area contributed by atoms with Crippen molar-refractivity contribution in [2.45, 2.75) is 18.7 Å². The van der Waals surface area contributed by atoms with Crippen LogP contribution in [0.15, 0.2) is 64.0 Å². The molecule has 0 radical (unpaired) electrons. The van der Waals surface area contributed by atoms with Gasteiger partial charge in [0.15, 0.2) is 5.58 Å². The molecule has 11 heteroatoms. The number of nitriles is 1. The minimum Gasteiger partial charge on any atom is -0.435 e. The summed E-state index contributed by atoms with van der Waals surface area (Å²) in [4.78, 5) is 12.5. The summed E-state index contributed by atoms with van der Waals surface area (Å²) in [5.41, 5.74) is 3.07. The number of aromatic nitrogens is 3. The van der Waals surface area contributed by atoms with E-state index < -0.39 is 10.0 Å². The van der Waals surface area contributed by atoms with Gasteiger partial charge in [-0.1, -0.05) is 11.6 Å². The number of sulfonamides is 1. The van der Waals surface area contributed by atoms with Crippen LogP contribution in [-0.4, -0.2) is 23.4 Å². The number of halogens is 1. The fourth-order valence-corrected chi connectivity index (χ4v) is 4.10. The fraction of sp³-hybridized carbons (Fsp3) is 0.0909. The molecule has 0 saturated heterocycles. The van der Waals surface area contributed by atoms with Gasteiger partial charge >= 0.3 is 0 Å². The van der Waals surface area contributed by atoms with E-state index in [1.165, 1.54) is 18.3 Å². The number of rotatable bonds is 6. The van der Waals surface area contributed by atoms with Crippen molar-refractivity contribution >= 4 is 49.9 Å². The van der Waals surface area contributed by atoms with Crippen molar-refractivity contribution in [1.82, 2.24) is 15.0 Å². The van der Waals surface area contributed by atoms with Gasteiger partial charge in [-0.3, -0.25) is 0 Å². The third-order valence-corrected chi connectivity index (χ3v) is 6.04. The standard InChI is InChI=1S/C22H17ClN6O3S/c1-13-9-14(2)27-22(26-13)29-33(30,31)18-6-4-17(5-7-18)25-12-15(11-24)21-28-19-10-16(23)3-8-20(19)32-21/h3-10,12,25H,1-2H3,(H,26,27,29). The number of aryl methyl sites for hydroxylation is 2. The highest BCUT2D eigenvalue weighted by Crippen LogP contribution is 2.24. The molecule has 2 heterocycles. The van der Waals surface area contributed by atoms with Gasteiger partial charge in [0.2, 0.25) is 11.8 Å². The Balaban J connectivity index is 1.51. The van der Waals surface area contributed by atoms with Crippen LogP contribution in [0.5, 0.6) is 0 Å². The maximum atomic E-state index is 12.6. The Kier molecular flexibility index (Phi) is 6.00. The maximum absolute atomic E-state index is 12.6. The van der Waals surface area contributed by atoms with Crippen LogP contribution in [0.4, 0.5) is 11.6 Å². The lowest BCUT2D eigenvalue weighted by Crippen LogP contribution is -2.15. The summed E-state index contributed by atoms with van der Waals surface area (Å²) in [6.45, 7) is 3.51. The predicted molar refractivity (Wildman–Crippen MR) is 125 cm³/mol. The highest BCUT2D eigenvalue weighted by atomic mass is 35.5. The molecule has 0 fully saturated rings. The molecule has 0 aliphatic rings. The molecule has 166 valence electrons. The molecular formula is C22H17ClN6O3S. The van der Waals surface area contributed by atoms with Crippen molar-refractivity contribution < 1.29 is 12.8 Å². The van der Waals surface area contributed by atoms with Gasteiger partial charge in [0.05, 0.1) is 4.90 Å². The van der Waals surface area contributed by atoms with Crippen LogP contribution in [0.2, 0.25) is 5.02 Å². The van der Waals surface area contributed by atoms with Crippen molar-refractivity contribution in [2.75, 3.05) is 10.0 Å². The number of nitrogens with zero attached hydrogens (tertiary/aromatic N) is 4. The SMILES string of the molecule is Cc1cc(C)nc(NS(=O)(=O)c2ccc(NC=C(C#N)c3nc4cc(Cl)ccc4o3)cc2)n1. The van der Waals surface area contributed by atoms with Crippen molar-refractivity contribution in [2.24, 2.45) is 0 Å². The topological polar surface area (TPSA) is 134 Å². The monoisotopic (exact) mass is 480 g/mol. The Bertz CT molecular complexity index is 1500. The smallest absolute Gasteiger partial charge is 0.264 e. The molecule has 2 aromatic heterocycles. The second-order valence-corrected chi connectivity index (χ2v) is 9.17. The van der Waals surface area contributed by atoms with Crippen LogP contribution < -0.4 is 10.0 Å². The molecule has 0 atom stereocenters. The van der Waals surface area contributed by atoms with E-state index in [-0.39, 0.29) is 22.3 Å². The van der Waals surface area contributed by atoms with E-state index in [1.807, 2.05) is 6.07 Å². The minimum atomic E-state index is -3.87. The van der Waals surface area contributed by atoms with Gasteiger partial charge in [-0.25, -0.2) is 28.1 Å². The Hall–Kier alpha value is -3.94. The molecule has 0 unspecified atom stereocenters. The van der Waals surface area contributed by atoms with Gasteiger partial charge in [-0.15, -0.1) is 0 Å². The van der Waals surface area contributed by atoms with Gasteiger partial charge < -0.3 is 9.73 Å². The second-order valence-electron chi connectivity index (χ2n) is 7.05. The van der Waals surface area contributed by atoms with E-state index in [1.54, 1.807) is 50.2 Å². The largest absolute Gasteiger partial charge is 0.435 e. The summed E-state index contributed by atoms with van der Waals surface area (Å²) in [5.74, 6) is 0.148. The molecule has 0 spiro atoms.